The summed E-state index contributed by atoms with van der Waals surface area (Å²) in [6, 6.07) is 28.4. The molecule has 0 atom stereocenters. The fourth-order valence-corrected chi connectivity index (χ4v) is 4.87. The van der Waals surface area contributed by atoms with E-state index in [1.807, 2.05) is 60.7 Å². The summed E-state index contributed by atoms with van der Waals surface area (Å²) in [5, 5.41) is 0. The van der Waals surface area contributed by atoms with Crippen molar-refractivity contribution in [1.29, 1.82) is 0 Å². The van der Waals surface area contributed by atoms with Gasteiger partial charge in [0.15, 0.2) is 0 Å². The molecule has 0 amide bonds. The summed E-state index contributed by atoms with van der Waals surface area (Å²) in [4.78, 5) is 14.1. The van der Waals surface area contributed by atoms with Crippen molar-refractivity contribution < 1.29 is 9.53 Å². The first-order chi connectivity index (χ1) is 12.3. The van der Waals surface area contributed by atoms with E-state index < -0.39 is 0 Å². The van der Waals surface area contributed by atoms with Crippen molar-refractivity contribution in [1.82, 2.24) is 0 Å². The summed E-state index contributed by atoms with van der Waals surface area (Å²) in [6.45, 7) is 0. The molecule has 0 fully saturated rings. The number of carbonyl (C=O) groups is 1. The van der Waals surface area contributed by atoms with Crippen molar-refractivity contribution in [3.63, 3.8) is 0 Å². The minimum absolute atomic E-state index is 0.191. The van der Waals surface area contributed by atoms with Crippen LogP contribution in [-0.4, -0.2) is 13.1 Å². The van der Waals surface area contributed by atoms with Crippen molar-refractivity contribution in [2.75, 3.05) is 7.11 Å². The molecular formula is C21H18O2S2. The summed E-state index contributed by atoms with van der Waals surface area (Å²) in [7, 11) is 1.40. The first-order valence-electron chi connectivity index (χ1n) is 7.88. The number of benzene rings is 3. The highest BCUT2D eigenvalue weighted by molar-refractivity contribution is 8.16. The van der Waals surface area contributed by atoms with E-state index in [0.29, 0.717) is 5.56 Å². The van der Waals surface area contributed by atoms with E-state index >= 15 is 0 Å². The van der Waals surface area contributed by atoms with E-state index in [1.54, 1.807) is 23.5 Å². The number of esters is 1. The smallest absolute Gasteiger partial charge is 0.337 e. The monoisotopic (exact) mass is 366 g/mol. The Morgan fingerprint density at radius 2 is 1.24 bits per heavy atom. The minimum atomic E-state index is -0.311. The molecule has 0 N–H and O–H groups in total. The van der Waals surface area contributed by atoms with Gasteiger partial charge in [-0.15, -0.1) is 23.5 Å². The predicted octanol–water partition coefficient (Wildman–Crippen LogP) is 6.06. The van der Waals surface area contributed by atoms with Crippen LogP contribution in [0.3, 0.4) is 0 Å². The average Bonchev–Trinajstić information content (AvgIpc) is 2.68. The molecule has 0 aliphatic carbocycles. The lowest BCUT2D eigenvalue weighted by atomic mass is 10.1. The van der Waals surface area contributed by atoms with Crippen LogP contribution >= 0.6 is 23.5 Å². The number of hydrogen-bond acceptors (Lipinski definition) is 4. The minimum Gasteiger partial charge on any atom is -0.465 e. The van der Waals surface area contributed by atoms with E-state index in [0.717, 1.165) is 5.56 Å². The zero-order chi connectivity index (χ0) is 17.5. The van der Waals surface area contributed by atoms with Gasteiger partial charge in [0, 0.05) is 9.79 Å². The maximum atomic E-state index is 11.6. The fourth-order valence-electron chi connectivity index (χ4n) is 2.30. The van der Waals surface area contributed by atoms with Crippen LogP contribution in [0.5, 0.6) is 0 Å². The topological polar surface area (TPSA) is 26.3 Å². The van der Waals surface area contributed by atoms with Gasteiger partial charge >= 0.3 is 5.97 Å². The molecule has 3 aromatic rings. The molecule has 2 nitrogen and oxygen atoms in total. The molecule has 0 unspecified atom stereocenters. The van der Waals surface area contributed by atoms with Crippen molar-refractivity contribution in [2.45, 2.75) is 14.4 Å². The van der Waals surface area contributed by atoms with E-state index in [-0.39, 0.29) is 10.6 Å². The first-order valence-corrected chi connectivity index (χ1v) is 9.64. The Morgan fingerprint density at radius 1 is 0.760 bits per heavy atom. The molecule has 0 spiro atoms. The van der Waals surface area contributed by atoms with Crippen LogP contribution in [0.15, 0.2) is 94.7 Å². The molecule has 0 aromatic heterocycles. The summed E-state index contributed by atoms with van der Waals surface area (Å²) < 4.78 is 4.97. The molecule has 0 saturated heterocycles. The summed E-state index contributed by atoms with van der Waals surface area (Å²) in [5.74, 6) is -0.311. The second kappa shape index (κ2) is 8.79. The van der Waals surface area contributed by atoms with Gasteiger partial charge in [0.2, 0.25) is 0 Å². The van der Waals surface area contributed by atoms with Gasteiger partial charge in [-0.2, -0.15) is 0 Å². The zero-order valence-electron chi connectivity index (χ0n) is 13.8. The maximum absolute atomic E-state index is 11.6. The van der Waals surface area contributed by atoms with Crippen molar-refractivity contribution in [3.8, 4) is 0 Å². The van der Waals surface area contributed by atoms with Crippen LogP contribution in [-0.2, 0) is 4.74 Å². The van der Waals surface area contributed by atoms with Crippen LogP contribution in [0.4, 0.5) is 0 Å². The van der Waals surface area contributed by atoms with Crippen LogP contribution in [0, 0.1) is 0 Å². The van der Waals surface area contributed by atoms with Gasteiger partial charge in [0.1, 0.15) is 0 Å². The Balaban J connectivity index is 1.86. The van der Waals surface area contributed by atoms with Gasteiger partial charge in [-0.25, -0.2) is 4.79 Å². The summed E-state index contributed by atoms with van der Waals surface area (Å²) >= 11 is 3.61. The average molecular weight is 367 g/mol. The van der Waals surface area contributed by atoms with E-state index in [4.69, 9.17) is 4.74 Å². The Bertz CT molecular complexity index is 761. The number of methoxy groups -OCH3 is 1. The third-order valence-electron chi connectivity index (χ3n) is 3.58. The van der Waals surface area contributed by atoms with Crippen molar-refractivity contribution in [2.24, 2.45) is 0 Å². The number of ether oxygens (including phenoxy) is 1. The second-order valence-electron chi connectivity index (χ2n) is 5.31. The molecule has 0 bridgehead atoms. The van der Waals surface area contributed by atoms with Crippen LogP contribution < -0.4 is 0 Å². The molecule has 25 heavy (non-hydrogen) atoms. The summed E-state index contributed by atoms with van der Waals surface area (Å²) in [6.07, 6.45) is 0. The molecule has 0 radical (unpaired) electrons. The molecular weight excluding hydrogens is 348 g/mol. The number of rotatable bonds is 6. The molecule has 0 saturated carbocycles. The van der Waals surface area contributed by atoms with Gasteiger partial charge in [-0.05, 0) is 42.0 Å². The number of thioether (sulfide) groups is 2. The number of carbonyl (C=O) groups excluding carboxylic acids is 1. The third-order valence-corrected chi connectivity index (χ3v) is 6.22. The lowest BCUT2D eigenvalue weighted by Crippen LogP contribution is -2.01. The summed E-state index contributed by atoms with van der Waals surface area (Å²) in [5.41, 5.74) is 1.73. The molecule has 0 aliphatic heterocycles. The fraction of sp³-hybridized carbons (Fsp3) is 0.0952. The molecule has 0 heterocycles. The Labute approximate surface area is 156 Å². The van der Waals surface area contributed by atoms with Crippen molar-refractivity contribution in [3.05, 3.63) is 96.1 Å². The van der Waals surface area contributed by atoms with E-state index in [1.165, 1.54) is 16.9 Å². The quantitative estimate of drug-likeness (QED) is 0.301. The van der Waals surface area contributed by atoms with Gasteiger partial charge in [0.25, 0.3) is 0 Å². The Kier molecular flexibility index (Phi) is 6.20. The normalized spacial score (nSPS) is 10.6. The lowest BCUT2D eigenvalue weighted by Gasteiger charge is -2.17. The van der Waals surface area contributed by atoms with Gasteiger partial charge in [0.05, 0.1) is 17.3 Å². The third kappa shape index (κ3) is 4.91. The lowest BCUT2D eigenvalue weighted by molar-refractivity contribution is 0.0600. The predicted molar refractivity (Wildman–Crippen MR) is 105 cm³/mol. The highest BCUT2D eigenvalue weighted by atomic mass is 32.2. The van der Waals surface area contributed by atoms with Crippen LogP contribution in [0.1, 0.15) is 20.5 Å². The van der Waals surface area contributed by atoms with Gasteiger partial charge in [-0.3, -0.25) is 0 Å². The van der Waals surface area contributed by atoms with E-state index in [2.05, 4.69) is 24.3 Å². The van der Waals surface area contributed by atoms with Crippen LogP contribution in [0.2, 0.25) is 0 Å². The standard InChI is InChI=1S/C21H18O2S2/c1-23-20(22)16-12-14-17(15-13-16)21(24-18-8-4-2-5-9-18)25-19-10-6-3-7-11-19/h2-15,21H,1H3. The van der Waals surface area contributed by atoms with Crippen LogP contribution in [0.25, 0.3) is 0 Å². The van der Waals surface area contributed by atoms with Gasteiger partial charge < -0.3 is 4.74 Å². The largest absolute Gasteiger partial charge is 0.465 e. The van der Waals surface area contributed by atoms with E-state index in [9.17, 15) is 4.79 Å². The molecule has 4 heteroatoms. The molecule has 0 aliphatic rings. The SMILES string of the molecule is COC(=O)c1ccc(C(Sc2ccccc2)Sc2ccccc2)cc1. The number of hydrogen-bond donors (Lipinski definition) is 0. The molecule has 3 aromatic carbocycles. The zero-order valence-corrected chi connectivity index (χ0v) is 15.4. The molecule has 126 valence electrons. The molecule has 3 rings (SSSR count). The van der Waals surface area contributed by atoms with Crippen molar-refractivity contribution >= 4 is 29.5 Å². The highest BCUT2D eigenvalue weighted by Crippen LogP contribution is 2.46. The second-order valence-corrected chi connectivity index (χ2v) is 7.96. The maximum Gasteiger partial charge on any atom is 0.337 e. The Morgan fingerprint density at radius 3 is 1.68 bits per heavy atom. The Hall–Kier alpha value is -2.17. The first kappa shape index (κ1) is 17.6. The highest BCUT2D eigenvalue weighted by Gasteiger charge is 2.16. The van der Waals surface area contributed by atoms with Gasteiger partial charge in [-0.1, -0.05) is 48.5 Å².